The van der Waals surface area contributed by atoms with Crippen LogP contribution in [-0.2, 0) is 15.1 Å². The summed E-state index contributed by atoms with van der Waals surface area (Å²) in [6, 6.07) is 6.11. The number of aliphatic imine (C=N–C) groups is 1. The number of benzene rings is 1. The highest BCUT2D eigenvalue weighted by atomic mass is 16.5. The average Bonchev–Trinajstić information content (AvgIpc) is 2.42. The Morgan fingerprint density at radius 3 is 2.80 bits per heavy atom. The molecule has 5 nitrogen and oxygen atoms in total. The van der Waals surface area contributed by atoms with Crippen LogP contribution in [0.4, 0.5) is 0 Å². The predicted molar refractivity (Wildman–Crippen MR) is 53.2 cm³/mol. The molecule has 78 valence electrons. The molecule has 5 heteroatoms. The zero-order valence-corrected chi connectivity index (χ0v) is 8.10. The van der Waals surface area contributed by atoms with E-state index >= 15 is 0 Å². The highest BCUT2D eigenvalue weighted by Gasteiger charge is 2.43. The molecule has 1 unspecified atom stereocenters. The normalized spacial score (nSPS) is 24.9. The minimum Gasteiger partial charge on any atom is -0.508 e. The van der Waals surface area contributed by atoms with Gasteiger partial charge in [0.2, 0.25) is 5.60 Å². The van der Waals surface area contributed by atoms with Crippen LogP contribution in [0.2, 0.25) is 0 Å². The zero-order chi connectivity index (χ0) is 11.1. The first-order valence-corrected chi connectivity index (χ1v) is 4.39. The lowest BCUT2D eigenvalue weighted by molar-refractivity contribution is -0.130. The van der Waals surface area contributed by atoms with Crippen molar-refractivity contribution in [3.8, 4) is 5.75 Å². The maximum atomic E-state index is 11.5. The van der Waals surface area contributed by atoms with Crippen molar-refractivity contribution in [3.63, 3.8) is 0 Å². The van der Waals surface area contributed by atoms with Gasteiger partial charge in [0, 0.05) is 5.56 Å². The number of aromatic hydroxyl groups is 1. The summed E-state index contributed by atoms with van der Waals surface area (Å²) in [6.07, 6.45) is 0. The van der Waals surface area contributed by atoms with Crippen molar-refractivity contribution < 1.29 is 14.6 Å². The van der Waals surface area contributed by atoms with Crippen LogP contribution in [0.1, 0.15) is 12.5 Å². The molecule has 0 radical (unpaired) electrons. The van der Waals surface area contributed by atoms with Gasteiger partial charge in [-0.25, -0.2) is 0 Å². The van der Waals surface area contributed by atoms with Crippen molar-refractivity contribution in [1.29, 1.82) is 0 Å². The number of hydrogen-bond donors (Lipinski definition) is 2. The van der Waals surface area contributed by atoms with Gasteiger partial charge in [0.15, 0.2) is 0 Å². The van der Waals surface area contributed by atoms with Gasteiger partial charge in [0.25, 0.3) is 11.9 Å². The summed E-state index contributed by atoms with van der Waals surface area (Å²) in [7, 11) is 0. The Hall–Kier alpha value is -2.04. The van der Waals surface area contributed by atoms with Gasteiger partial charge in [-0.15, -0.1) is 0 Å². The van der Waals surface area contributed by atoms with E-state index in [1.54, 1.807) is 19.1 Å². The topological polar surface area (TPSA) is 84.9 Å². The van der Waals surface area contributed by atoms with Crippen LogP contribution < -0.4 is 5.73 Å². The average molecular weight is 206 g/mol. The maximum absolute atomic E-state index is 11.5. The van der Waals surface area contributed by atoms with Crippen molar-refractivity contribution >= 4 is 11.9 Å². The number of hydrogen-bond acceptors (Lipinski definition) is 4. The number of carbonyl (C=O) groups excluding carboxylic acids is 1. The number of nitrogens with two attached hydrogens (primary N) is 1. The molecule has 0 saturated carbocycles. The number of phenols is 1. The number of phenolic OH excluding ortho intramolecular Hbond substituents is 1. The van der Waals surface area contributed by atoms with Crippen molar-refractivity contribution in [3.05, 3.63) is 29.8 Å². The maximum Gasteiger partial charge on any atom is 0.298 e. The van der Waals surface area contributed by atoms with Crippen LogP contribution in [0.15, 0.2) is 29.3 Å². The van der Waals surface area contributed by atoms with E-state index in [0.29, 0.717) is 5.56 Å². The summed E-state index contributed by atoms with van der Waals surface area (Å²) >= 11 is 0. The van der Waals surface area contributed by atoms with Gasteiger partial charge in [-0.3, -0.25) is 4.79 Å². The SMILES string of the molecule is CC1(c2cccc(O)c2)OC(N)=NC1=O. The molecule has 0 fully saturated rings. The van der Waals surface area contributed by atoms with E-state index in [0.717, 1.165) is 0 Å². The minimum absolute atomic E-state index is 0.0654. The lowest BCUT2D eigenvalue weighted by Gasteiger charge is -2.21. The van der Waals surface area contributed by atoms with Crippen LogP contribution in [0, 0.1) is 0 Å². The number of ether oxygens (including phenoxy) is 1. The third kappa shape index (κ3) is 1.41. The first-order chi connectivity index (χ1) is 7.02. The molecule has 1 amide bonds. The largest absolute Gasteiger partial charge is 0.508 e. The molecule has 15 heavy (non-hydrogen) atoms. The molecule has 1 heterocycles. The third-order valence-corrected chi connectivity index (χ3v) is 2.33. The number of rotatable bonds is 1. The number of nitrogens with zero attached hydrogens (tertiary/aromatic N) is 1. The number of amides is 1. The van der Waals surface area contributed by atoms with Crippen LogP contribution in [0.25, 0.3) is 0 Å². The molecule has 1 aromatic carbocycles. The first-order valence-electron chi connectivity index (χ1n) is 4.39. The Balaban J connectivity index is 2.44. The van der Waals surface area contributed by atoms with Crippen LogP contribution in [-0.4, -0.2) is 17.0 Å². The van der Waals surface area contributed by atoms with Crippen molar-refractivity contribution in [1.82, 2.24) is 0 Å². The molecular weight excluding hydrogens is 196 g/mol. The van der Waals surface area contributed by atoms with E-state index in [1.165, 1.54) is 12.1 Å². The van der Waals surface area contributed by atoms with Crippen LogP contribution >= 0.6 is 0 Å². The second-order valence-corrected chi connectivity index (χ2v) is 3.44. The van der Waals surface area contributed by atoms with Crippen LogP contribution in [0.5, 0.6) is 5.75 Å². The Labute approximate surface area is 86.2 Å². The van der Waals surface area contributed by atoms with Crippen molar-refractivity contribution in [2.45, 2.75) is 12.5 Å². The third-order valence-electron chi connectivity index (χ3n) is 2.33. The molecule has 2 rings (SSSR count). The molecule has 0 spiro atoms. The minimum atomic E-state index is -1.22. The molecule has 0 saturated heterocycles. The quantitative estimate of drug-likeness (QED) is 0.699. The highest BCUT2D eigenvalue weighted by molar-refractivity contribution is 6.01. The standard InChI is InChI=1S/C10H10N2O3/c1-10(8(14)12-9(11)15-10)6-3-2-4-7(13)5-6/h2-5,13H,1H3,(H2,11,12,14). The second-order valence-electron chi connectivity index (χ2n) is 3.44. The van der Waals surface area contributed by atoms with Crippen molar-refractivity contribution in [2.24, 2.45) is 10.7 Å². The molecule has 3 N–H and O–H groups in total. The molecule has 1 atom stereocenters. The molecular formula is C10H10N2O3. The van der Waals surface area contributed by atoms with E-state index in [4.69, 9.17) is 10.5 Å². The summed E-state index contributed by atoms with van der Waals surface area (Å²) in [4.78, 5) is 15.0. The lowest BCUT2D eigenvalue weighted by atomic mass is 9.95. The molecule has 1 aromatic rings. The van der Waals surface area contributed by atoms with Gasteiger partial charge in [-0.2, -0.15) is 4.99 Å². The lowest BCUT2D eigenvalue weighted by Crippen LogP contribution is -2.31. The Morgan fingerprint density at radius 1 is 1.53 bits per heavy atom. The van der Waals surface area contributed by atoms with E-state index in [2.05, 4.69) is 4.99 Å². The summed E-state index contributed by atoms with van der Waals surface area (Å²) < 4.78 is 5.17. The molecule has 1 aliphatic rings. The fourth-order valence-corrected chi connectivity index (χ4v) is 1.47. The second kappa shape index (κ2) is 2.98. The van der Waals surface area contributed by atoms with Gasteiger partial charge in [-0.1, -0.05) is 12.1 Å². The van der Waals surface area contributed by atoms with E-state index in [1.807, 2.05) is 0 Å². The van der Waals surface area contributed by atoms with E-state index < -0.39 is 11.5 Å². The van der Waals surface area contributed by atoms with E-state index in [9.17, 15) is 9.90 Å². The van der Waals surface area contributed by atoms with Gasteiger partial charge in [-0.05, 0) is 19.1 Å². The summed E-state index contributed by atoms with van der Waals surface area (Å²) in [5.41, 5.74) is 4.63. The van der Waals surface area contributed by atoms with Gasteiger partial charge in [0.05, 0.1) is 0 Å². The fourth-order valence-electron chi connectivity index (χ4n) is 1.47. The fraction of sp³-hybridized carbons (Fsp3) is 0.200. The number of carbonyl (C=O) groups is 1. The zero-order valence-electron chi connectivity index (χ0n) is 8.10. The number of amidine groups is 1. The molecule has 0 aromatic heterocycles. The van der Waals surface area contributed by atoms with Gasteiger partial charge in [0.1, 0.15) is 5.75 Å². The summed E-state index contributed by atoms with van der Waals surface area (Å²) in [5, 5.41) is 9.30. The van der Waals surface area contributed by atoms with Gasteiger partial charge >= 0.3 is 0 Å². The first kappa shape index (κ1) is 9.51. The van der Waals surface area contributed by atoms with Crippen LogP contribution in [0.3, 0.4) is 0 Å². The summed E-state index contributed by atoms with van der Waals surface area (Å²) in [6.45, 7) is 1.56. The summed E-state index contributed by atoms with van der Waals surface area (Å²) in [5.74, 6) is -0.402. The highest BCUT2D eigenvalue weighted by Crippen LogP contribution is 2.32. The molecule has 1 aliphatic heterocycles. The smallest absolute Gasteiger partial charge is 0.298 e. The van der Waals surface area contributed by atoms with Gasteiger partial charge < -0.3 is 15.6 Å². The van der Waals surface area contributed by atoms with E-state index in [-0.39, 0.29) is 11.8 Å². The predicted octanol–water partition coefficient (Wildman–Crippen LogP) is 0.479. The Bertz CT molecular complexity index is 456. The Morgan fingerprint density at radius 2 is 2.27 bits per heavy atom. The van der Waals surface area contributed by atoms with Crippen molar-refractivity contribution in [2.75, 3.05) is 0 Å². The molecule has 0 bridgehead atoms. The monoisotopic (exact) mass is 206 g/mol. The Kier molecular flexibility index (Phi) is 1.89. The molecule has 0 aliphatic carbocycles.